The summed E-state index contributed by atoms with van der Waals surface area (Å²) in [6, 6.07) is 7.52. The summed E-state index contributed by atoms with van der Waals surface area (Å²) in [6.07, 6.45) is 5.51. The molecule has 0 bridgehead atoms. The number of nitrogens with two attached hydrogens (primary N) is 1. The number of carbonyl (C=O) groups is 1. The van der Waals surface area contributed by atoms with Crippen molar-refractivity contribution in [3.63, 3.8) is 0 Å². The Hall–Kier alpha value is -1.51. The molecule has 1 aliphatic rings. The molecule has 2 rings (SSSR count). The SMILES string of the molecule is Nc1ccccc1CC(=O)NCCCC1CC1. The summed E-state index contributed by atoms with van der Waals surface area (Å²) in [5, 5.41) is 2.95. The molecule has 1 aromatic rings. The average Bonchev–Trinajstić information content (AvgIpc) is 3.12. The molecule has 0 radical (unpaired) electrons. The quantitative estimate of drug-likeness (QED) is 0.583. The fraction of sp³-hybridized carbons (Fsp3) is 0.500. The fourth-order valence-corrected chi connectivity index (χ4v) is 1.96. The van der Waals surface area contributed by atoms with Gasteiger partial charge >= 0.3 is 0 Å². The number of nitrogens with one attached hydrogen (secondary N) is 1. The van der Waals surface area contributed by atoms with E-state index in [9.17, 15) is 4.79 Å². The van der Waals surface area contributed by atoms with Crippen molar-refractivity contribution in [3.8, 4) is 0 Å². The Bertz CT molecular complexity index is 386. The van der Waals surface area contributed by atoms with Crippen LogP contribution in [0.15, 0.2) is 24.3 Å². The van der Waals surface area contributed by atoms with E-state index in [1.807, 2.05) is 24.3 Å². The maximum atomic E-state index is 11.7. The van der Waals surface area contributed by atoms with Gasteiger partial charge in [0.15, 0.2) is 0 Å². The number of anilines is 1. The lowest BCUT2D eigenvalue weighted by molar-refractivity contribution is -0.120. The highest BCUT2D eigenvalue weighted by Crippen LogP contribution is 2.33. The second-order valence-electron chi connectivity index (χ2n) is 4.81. The van der Waals surface area contributed by atoms with E-state index in [2.05, 4.69) is 5.32 Å². The minimum Gasteiger partial charge on any atom is -0.398 e. The van der Waals surface area contributed by atoms with Gasteiger partial charge < -0.3 is 11.1 Å². The Kier molecular flexibility index (Phi) is 4.02. The van der Waals surface area contributed by atoms with Gasteiger partial charge in [-0.15, -0.1) is 0 Å². The number of hydrogen-bond donors (Lipinski definition) is 2. The largest absolute Gasteiger partial charge is 0.398 e. The third-order valence-electron chi connectivity index (χ3n) is 3.21. The molecule has 17 heavy (non-hydrogen) atoms. The molecule has 1 amide bonds. The molecule has 0 saturated heterocycles. The summed E-state index contributed by atoms with van der Waals surface area (Å²) in [7, 11) is 0. The summed E-state index contributed by atoms with van der Waals surface area (Å²) >= 11 is 0. The van der Waals surface area contributed by atoms with E-state index in [4.69, 9.17) is 5.73 Å². The van der Waals surface area contributed by atoms with Crippen molar-refractivity contribution < 1.29 is 4.79 Å². The fourth-order valence-electron chi connectivity index (χ4n) is 1.96. The van der Waals surface area contributed by atoms with Gasteiger partial charge in [-0.3, -0.25) is 4.79 Å². The van der Waals surface area contributed by atoms with Gasteiger partial charge in [0.1, 0.15) is 0 Å². The van der Waals surface area contributed by atoms with Crippen LogP contribution in [0.5, 0.6) is 0 Å². The summed E-state index contributed by atoms with van der Waals surface area (Å²) in [5.41, 5.74) is 7.40. The number of nitrogen functional groups attached to an aromatic ring is 1. The third-order valence-corrected chi connectivity index (χ3v) is 3.21. The van der Waals surface area contributed by atoms with Gasteiger partial charge in [0.2, 0.25) is 5.91 Å². The zero-order valence-corrected chi connectivity index (χ0v) is 10.1. The van der Waals surface area contributed by atoms with Crippen molar-refractivity contribution in [3.05, 3.63) is 29.8 Å². The van der Waals surface area contributed by atoms with Crippen molar-refractivity contribution in [1.29, 1.82) is 0 Å². The normalized spacial score (nSPS) is 14.6. The molecule has 1 saturated carbocycles. The molecular weight excluding hydrogens is 212 g/mol. The second kappa shape index (κ2) is 5.71. The maximum absolute atomic E-state index is 11.7. The highest BCUT2D eigenvalue weighted by Gasteiger charge is 2.20. The van der Waals surface area contributed by atoms with Gasteiger partial charge in [0.05, 0.1) is 6.42 Å². The Morgan fingerprint density at radius 3 is 2.82 bits per heavy atom. The molecule has 0 spiro atoms. The first-order valence-electron chi connectivity index (χ1n) is 6.36. The summed E-state index contributed by atoms with van der Waals surface area (Å²) in [5.74, 6) is 1.01. The smallest absolute Gasteiger partial charge is 0.224 e. The Morgan fingerprint density at radius 2 is 2.12 bits per heavy atom. The number of carbonyl (C=O) groups excluding carboxylic acids is 1. The van der Waals surface area contributed by atoms with E-state index in [0.717, 1.165) is 24.4 Å². The summed E-state index contributed by atoms with van der Waals surface area (Å²) in [6.45, 7) is 0.794. The van der Waals surface area contributed by atoms with E-state index in [1.165, 1.54) is 19.3 Å². The highest BCUT2D eigenvalue weighted by atomic mass is 16.1. The number of rotatable bonds is 6. The van der Waals surface area contributed by atoms with Gasteiger partial charge in [-0.2, -0.15) is 0 Å². The molecule has 0 heterocycles. The van der Waals surface area contributed by atoms with Crippen LogP contribution in [-0.2, 0) is 11.2 Å². The van der Waals surface area contributed by atoms with E-state index >= 15 is 0 Å². The molecule has 0 aliphatic heterocycles. The predicted molar refractivity (Wildman–Crippen MR) is 69.5 cm³/mol. The van der Waals surface area contributed by atoms with Gasteiger partial charge in [0, 0.05) is 12.2 Å². The number of amides is 1. The van der Waals surface area contributed by atoms with Gasteiger partial charge in [0.25, 0.3) is 0 Å². The molecule has 92 valence electrons. The van der Waals surface area contributed by atoms with Crippen LogP contribution in [0, 0.1) is 5.92 Å². The zero-order chi connectivity index (χ0) is 12.1. The summed E-state index contributed by atoms with van der Waals surface area (Å²) < 4.78 is 0. The molecule has 0 atom stereocenters. The van der Waals surface area contributed by atoms with Gasteiger partial charge in [-0.25, -0.2) is 0 Å². The lowest BCUT2D eigenvalue weighted by atomic mass is 10.1. The van der Waals surface area contributed by atoms with Crippen LogP contribution in [0.1, 0.15) is 31.2 Å². The molecule has 3 heteroatoms. The molecule has 1 fully saturated rings. The average molecular weight is 232 g/mol. The van der Waals surface area contributed by atoms with Gasteiger partial charge in [-0.05, 0) is 30.4 Å². The zero-order valence-electron chi connectivity index (χ0n) is 10.1. The molecule has 0 aromatic heterocycles. The first-order valence-corrected chi connectivity index (χ1v) is 6.36. The van der Waals surface area contributed by atoms with Crippen molar-refractivity contribution in [2.75, 3.05) is 12.3 Å². The van der Waals surface area contributed by atoms with Crippen molar-refractivity contribution in [2.24, 2.45) is 5.92 Å². The van der Waals surface area contributed by atoms with Crippen molar-refractivity contribution in [2.45, 2.75) is 32.1 Å². The second-order valence-corrected chi connectivity index (χ2v) is 4.81. The molecule has 3 N–H and O–H groups in total. The van der Waals surface area contributed by atoms with Crippen molar-refractivity contribution >= 4 is 11.6 Å². The third kappa shape index (κ3) is 4.10. The summed E-state index contributed by atoms with van der Waals surface area (Å²) in [4.78, 5) is 11.7. The Morgan fingerprint density at radius 1 is 1.35 bits per heavy atom. The molecule has 3 nitrogen and oxygen atoms in total. The Balaban J connectivity index is 1.67. The minimum atomic E-state index is 0.0682. The standard InChI is InChI=1S/C14H20N2O/c15-13-6-2-1-5-12(13)10-14(17)16-9-3-4-11-7-8-11/h1-2,5-6,11H,3-4,7-10,15H2,(H,16,17). The van der Waals surface area contributed by atoms with Crippen LogP contribution in [0.4, 0.5) is 5.69 Å². The lowest BCUT2D eigenvalue weighted by Crippen LogP contribution is -2.26. The van der Waals surface area contributed by atoms with E-state index in [1.54, 1.807) is 0 Å². The lowest BCUT2D eigenvalue weighted by Gasteiger charge is -2.06. The minimum absolute atomic E-state index is 0.0682. The van der Waals surface area contributed by atoms with Crippen LogP contribution in [0.3, 0.4) is 0 Å². The van der Waals surface area contributed by atoms with Crippen LogP contribution in [0.2, 0.25) is 0 Å². The molecule has 0 unspecified atom stereocenters. The van der Waals surface area contributed by atoms with Crippen LogP contribution in [0.25, 0.3) is 0 Å². The van der Waals surface area contributed by atoms with Gasteiger partial charge in [-0.1, -0.05) is 31.0 Å². The van der Waals surface area contributed by atoms with E-state index in [-0.39, 0.29) is 5.91 Å². The van der Waals surface area contributed by atoms with Crippen LogP contribution < -0.4 is 11.1 Å². The van der Waals surface area contributed by atoms with Crippen LogP contribution >= 0.6 is 0 Å². The number of para-hydroxylation sites is 1. The monoisotopic (exact) mass is 232 g/mol. The number of benzene rings is 1. The molecule has 1 aromatic carbocycles. The molecule has 1 aliphatic carbocycles. The predicted octanol–water partition coefficient (Wildman–Crippen LogP) is 2.12. The Labute approximate surface area is 102 Å². The highest BCUT2D eigenvalue weighted by molar-refractivity contribution is 5.80. The first-order chi connectivity index (χ1) is 8.25. The maximum Gasteiger partial charge on any atom is 0.224 e. The van der Waals surface area contributed by atoms with Crippen LogP contribution in [-0.4, -0.2) is 12.5 Å². The topological polar surface area (TPSA) is 55.1 Å². The van der Waals surface area contributed by atoms with E-state index in [0.29, 0.717) is 12.1 Å². The van der Waals surface area contributed by atoms with E-state index < -0.39 is 0 Å². The number of hydrogen-bond acceptors (Lipinski definition) is 2. The molecular formula is C14H20N2O. The first kappa shape index (κ1) is 12.0. The van der Waals surface area contributed by atoms with Crippen molar-refractivity contribution in [1.82, 2.24) is 5.32 Å².